The Hall–Kier alpha value is -0.320. The second-order valence-corrected chi connectivity index (χ2v) is 2.03. The maximum atomic E-state index is 11.8. The molecule has 0 bridgehead atoms. The normalized spacial score (nSPS) is 15.3. The first-order valence-corrected chi connectivity index (χ1v) is 2.83. The fraction of sp³-hybridized carbons (Fsp3) is 1.00. The third-order valence-corrected chi connectivity index (χ3v) is 0.751. The first-order valence-electron chi connectivity index (χ1n) is 2.83. The van der Waals surface area contributed by atoms with E-state index in [0.29, 0.717) is 0 Å². The molecule has 0 saturated heterocycles. The van der Waals surface area contributed by atoms with E-state index in [9.17, 15) is 17.6 Å². The highest BCUT2D eigenvalue weighted by Crippen LogP contribution is 2.11. The zero-order valence-corrected chi connectivity index (χ0v) is 5.50. The number of nitrogens with one attached hydrogen (secondary N) is 1. The summed E-state index contributed by atoms with van der Waals surface area (Å²) in [5.74, 6) is 0. The first kappa shape index (κ1) is 9.68. The summed E-state index contributed by atoms with van der Waals surface area (Å²) < 4.78 is 45.8. The summed E-state index contributed by atoms with van der Waals surface area (Å²) in [4.78, 5) is 0. The minimum absolute atomic E-state index is 0.250. The Labute approximate surface area is 56.4 Å². The van der Waals surface area contributed by atoms with Crippen LogP contribution in [-0.2, 0) is 0 Å². The molecule has 5 heteroatoms. The van der Waals surface area contributed by atoms with Crippen molar-refractivity contribution in [3.8, 4) is 0 Å². The Morgan fingerprint density at radius 1 is 1.40 bits per heavy atom. The average Bonchev–Trinajstić information content (AvgIpc) is 1.59. The van der Waals surface area contributed by atoms with Crippen molar-refractivity contribution in [2.24, 2.45) is 0 Å². The lowest BCUT2D eigenvalue weighted by Gasteiger charge is -2.07. The van der Waals surface area contributed by atoms with Crippen molar-refractivity contribution in [1.29, 1.82) is 0 Å². The molecule has 0 aromatic rings. The van der Waals surface area contributed by atoms with E-state index >= 15 is 0 Å². The van der Waals surface area contributed by atoms with Gasteiger partial charge in [-0.1, -0.05) is 0 Å². The molecule has 10 heavy (non-hydrogen) atoms. The number of hydrogen-bond acceptors (Lipinski definition) is 1. The van der Waals surface area contributed by atoms with Gasteiger partial charge in [-0.3, -0.25) is 0 Å². The first-order chi connectivity index (χ1) is 4.42. The maximum absolute atomic E-state index is 11.8. The van der Waals surface area contributed by atoms with Crippen molar-refractivity contribution in [3.05, 3.63) is 0 Å². The van der Waals surface area contributed by atoms with Crippen LogP contribution in [0, 0.1) is 0 Å². The van der Waals surface area contributed by atoms with Crippen molar-refractivity contribution in [2.75, 3.05) is 13.1 Å². The molecule has 0 spiro atoms. The predicted molar refractivity (Wildman–Crippen MR) is 29.5 cm³/mol. The molecule has 1 atom stereocenters. The van der Waals surface area contributed by atoms with Crippen LogP contribution in [0.25, 0.3) is 0 Å². The second-order valence-electron chi connectivity index (χ2n) is 2.03. The fourth-order valence-corrected chi connectivity index (χ4v) is 0.413. The molecule has 0 aromatic heterocycles. The highest BCUT2D eigenvalue weighted by Gasteiger charge is 2.26. The molecule has 1 nitrogen and oxygen atoms in total. The zero-order valence-electron chi connectivity index (χ0n) is 5.50. The number of halogens is 4. The molecule has 0 aliphatic carbocycles. The lowest BCUT2D eigenvalue weighted by molar-refractivity contribution is -0.125. The Bertz CT molecular complexity index is 88.1. The number of rotatable bonds is 3. The Kier molecular flexibility index (Phi) is 3.63. The molecule has 1 unspecified atom stereocenters. The molecule has 0 fully saturated rings. The Morgan fingerprint density at radius 2 is 1.90 bits per heavy atom. The van der Waals surface area contributed by atoms with Crippen molar-refractivity contribution in [1.82, 2.24) is 5.32 Å². The van der Waals surface area contributed by atoms with E-state index in [1.807, 2.05) is 5.32 Å². The molecular formula is C5H9F4N. The summed E-state index contributed by atoms with van der Waals surface area (Å²) in [6.07, 6.45) is -5.48. The topological polar surface area (TPSA) is 12.0 Å². The van der Waals surface area contributed by atoms with Gasteiger partial charge < -0.3 is 5.32 Å². The van der Waals surface area contributed by atoms with E-state index in [1.165, 1.54) is 6.92 Å². The molecule has 0 rings (SSSR count). The van der Waals surface area contributed by atoms with Gasteiger partial charge >= 0.3 is 6.18 Å². The van der Waals surface area contributed by atoms with Gasteiger partial charge in [0.15, 0.2) is 0 Å². The van der Waals surface area contributed by atoms with E-state index < -0.39 is 18.9 Å². The molecule has 0 amide bonds. The summed E-state index contributed by atoms with van der Waals surface area (Å²) >= 11 is 0. The van der Waals surface area contributed by atoms with Crippen molar-refractivity contribution >= 4 is 0 Å². The van der Waals surface area contributed by atoms with E-state index in [4.69, 9.17) is 0 Å². The van der Waals surface area contributed by atoms with E-state index in [-0.39, 0.29) is 6.54 Å². The Morgan fingerprint density at radius 3 is 2.20 bits per heavy atom. The Balaban J connectivity index is 3.21. The van der Waals surface area contributed by atoms with Crippen LogP contribution >= 0.6 is 0 Å². The van der Waals surface area contributed by atoms with Crippen LogP contribution in [0.4, 0.5) is 17.6 Å². The summed E-state index contributed by atoms with van der Waals surface area (Å²) in [7, 11) is 0. The molecule has 0 aliphatic heterocycles. The van der Waals surface area contributed by atoms with Crippen molar-refractivity contribution in [2.45, 2.75) is 19.3 Å². The monoisotopic (exact) mass is 159 g/mol. The third-order valence-electron chi connectivity index (χ3n) is 0.751. The summed E-state index contributed by atoms with van der Waals surface area (Å²) in [6, 6.07) is 0. The van der Waals surface area contributed by atoms with Crippen LogP contribution in [0.5, 0.6) is 0 Å². The largest absolute Gasteiger partial charge is 0.401 e. The lowest BCUT2D eigenvalue weighted by atomic mass is 10.4. The SMILES string of the molecule is CC(F)CNCC(F)(F)F. The predicted octanol–water partition coefficient (Wildman–Crippen LogP) is 1.50. The minimum Gasteiger partial charge on any atom is -0.306 e. The molecule has 0 saturated carbocycles. The summed E-state index contributed by atoms with van der Waals surface area (Å²) in [5, 5.41) is 1.92. The van der Waals surface area contributed by atoms with Crippen molar-refractivity contribution < 1.29 is 17.6 Å². The standard InChI is InChI=1S/C5H9F4N/c1-4(6)2-10-3-5(7,8)9/h4,10H,2-3H2,1H3. The number of alkyl halides is 4. The van der Waals surface area contributed by atoms with Crippen LogP contribution in [0.2, 0.25) is 0 Å². The average molecular weight is 159 g/mol. The van der Waals surface area contributed by atoms with Gasteiger partial charge in [-0.15, -0.1) is 0 Å². The van der Waals surface area contributed by atoms with Gasteiger partial charge in [-0.2, -0.15) is 13.2 Å². The molecule has 0 aliphatic rings. The van der Waals surface area contributed by atoms with E-state index in [2.05, 4.69) is 0 Å². The molecule has 0 radical (unpaired) electrons. The van der Waals surface area contributed by atoms with E-state index in [0.717, 1.165) is 0 Å². The minimum atomic E-state index is -4.24. The molecule has 0 heterocycles. The van der Waals surface area contributed by atoms with Gasteiger partial charge in [0.05, 0.1) is 6.54 Å². The zero-order chi connectivity index (χ0) is 8.20. The van der Waals surface area contributed by atoms with Crippen LogP contribution in [-0.4, -0.2) is 25.4 Å². The van der Waals surface area contributed by atoms with Gasteiger partial charge in [0, 0.05) is 6.54 Å². The molecule has 0 aromatic carbocycles. The molecule has 62 valence electrons. The smallest absolute Gasteiger partial charge is 0.306 e. The quantitative estimate of drug-likeness (QED) is 0.615. The lowest BCUT2D eigenvalue weighted by Crippen LogP contribution is -2.32. The van der Waals surface area contributed by atoms with Crippen LogP contribution in [0.3, 0.4) is 0 Å². The van der Waals surface area contributed by atoms with Gasteiger partial charge in [0.1, 0.15) is 6.17 Å². The van der Waals surface area contributed by atoms with Gasteiger partial charge in [0.2, 0.25) is 0 Å². The molecule has 1 N–H and O–H groups in total. The van der Waals surface area contributed by atoms with Crippen molar-refractivity contribution in [3.63, 3.8) is 0 Å². The van der Waals surface area contributed by atoms with Gasteiger partial charge in [-0.25, -0.2) is 4.39 Å². The maximum Gasteiger partial charge on any atom is 0.401 e. The van der Waals surface area contributed by atoms with Gasteiger partial charge in [-0.05, 0) is 6.92 Å². The van der Waals surface area contributed by atoms with Gasteiger partial charge in [0.25, 0.3) is 0 Å². The second kappa shape index (κ2) is 3.75. The van der Waals surface area contributed by atoms with Crippen LogP contribution < -0.4 is 5.32 Å². The fourth-order valence-electron chi connectivity index (χ4n) is 0.413. The van der Waals surface area contributed by atoms with Crippen LogP contribution in [0.1, 0.15) is 6.92 Å². The highest BCUT2D eigenvalue weighted by molar-refractivity contribution is 4.58. The van der Waals surface area contributed by atoms with E-state index in [1.54, 1.807) is 0 Å². The third kappa shape index (κ3) is 7.68. The van der Waals surface area contributed by atoms with Crippen LogP contribution in [0.15, 0.2) is 0 Å². The summed E-state index contributed by atoms with van der Waals surface area (Å²) in [6.45, 7) is -0.176. The molecular weight excluding hydrogens is 150 g/mol. The highest BCUT2D eigenvalue weighted by atomic mass is 19.4. The number of hydrogen-bond donors (Lipinski definition) is 1. The summed E-state index contributed by atoms with van der Waals surface area (Å²) in [5.41, 5.74) is 0.